The maximum atomic E-state index is 11.9. The van der Waals surface area contributed by atoms with E-state index in [0.717, 1.165) is 0 Å². The van der Waals surface area contributed by atoms with Crippen molar-refractivity contribution in [1.82, 2.24) is 0 Å². The molecule has 1 unspecified atom stereocenters. The molecule has 1 aliphatic rings. The van der Waals surface area contributed by atoms with E-state index in [2.05, 4.69) is 5.32 Å². The molecule has 2 rings (SSSR count). The Labute approximate surface area is 115 Å². The highest BCUT2D eigenvalue weighted by atomic mass is 16.6. The molecule has 7 heteroatoms. The van der Waals surface area contributed by atoms with Crippen molar-refractivity contribution in [3.05, 3.63) is 24.3 Å². The van der Waals surface area contributed by atoms with Gasteiger partial charge in [0, 0.05) is 11.8 Å². The first kappa shape index (κ1) is 14.3. The van der Waals surface area contributed by atoms with Gasteiger partial charge in [-0.05, 0) is 12.1 Å². The minimum absolute atomic E-state index is 0.223. The highest BCUT2D eigenvalue weighted by Crippen LogP contribution is 2.18. The van der Waals surface area contributed by atoms with Crippen LogP contribution >= 0.6 is 0 Å². The van der Waals surface area contributed by atoms with Crippen molar-refractivity contribution < 1.29 is 28.9 Å². The molecule has 1 aromatic rings. The predicted molar refractivity (Wildman–Crippen MR) is 68.8 cm³/mol. The summed E-state index contributed by atoms with van der Waals surface area (Å²) >= 11 is 0. The third-order valence-electron chi connectivity index (χ3n) is 2.57. The van der Waals surface area contributed by atoms with Crippen molar-refractivity contribution in [3.63, 3.8) is 0 Å². The lowest BCUT2D eigenvalue weighted by atomic mass is 10.2. The zero-order chi connectivity index (χ0) is 14.4. The van der Waals surface area contributed by atoms with Crippen LogP contribution in [-0.4, -0.2) is 49.5 Å². The van der Waals surface area contributed by atoms with Crippen LogP contribution in [0.4, 0.5) is 5.69 Å². The second-order valence-corrected chi connectivity index (χ2v) is 4.13. The number of anilines is 1. The summed E-state index contributed by atoms with van der Waals surface area (Å²) in [4.78, 5) is 22.3. The third-order valence-corrected chi connectivity index (χ3v) is 2.57. The molecule has 108 valence electrons. The molecular weight excluding hydrogens is 266 g/mol. The van der Waals surface area contributed by atoms with E-state index in [1.807, 2.05) is 0 Å². The second kappa shape index (κ2) is 6.88. The maximum Gasteiger partial charge on any atom is 0.341 e. The molecule has 1 atom stereocenters. The van der Waals surface area contributed by atoms with Gasteiger partial charge >= 0.3 is 5.97 Å². The molecule has 1 saturated heterocycles. The molecule has 1 aromatic carbocycles. The molecule has 0 spiro atoms. The number of hydrogen-bond donors (Lipinski definition) is 2. The molecule has 1 heterocycles. The normalized spacial score (nSPS) is 18.3. The van der Waals surface area contributed by atoms with Crippen LogP contribution in [0.1, 0.15) is 0 Å². The molecule has 2 N–H and O–H groups in total. The van der Waals surface area contributed by atoms with Crippen molar-refractivity contribution >= 4 is 17.6 Å². The SMILES string of the molecule is O=C(O)COc1cccc(NC(=O)C2COCCO2)c1. The number of carboxylic acid groups (broad SMARTS) is 1. The molecule has 1 fully saturated rings. The second-order valence-electron chi connectivity index (χ2n) is 4.13. The molecule has 0 aromatic heterocycles. The summed E-state index contributed by atoms with van der Waals surface area (Å²) in [6.45, 7) is 0.667. The van der Waals surface area contributed by atoms with E-state index in [1.165, 1.54) is 0 Å². The lowest BCUT2D eigenvalue weighted by molar-refractivity contribution is -0.142. The van der Waals surface area contributed by atoms with Gasteiger partial charge < -0.3 is 24.6 Å². The Balaban J connectivity index is 1.93. The fourth-order valence-corrected chi connectivity index (χ4v) is 1.67. The molecule has 20 heavy (non-hydrogen) atoms. The van der Waals surface area contributed by atoms with Crippen LogP contribution in [0.25, 0.3) is 0 Å². The van der Waals surface area contributed by atoms with Gasteiger partial charge in [0.1, 0.15) is 5.75 Å². The molecule has 0 saturated carbocycles. The summed E-state index contributed by atoms with van der Waals surface area (Å²) in [7, 11) is 0. The Morgan fingerprint density at radius 2 is 2.25 bits per heavy atom. The summed E-state index contributed by atoms with van der Waals surface area (Å²) < 4.78 is 15.5. The quantitative estimate of drug-likeness (QED) is 0.816. The van der Waals surface area contributed by atoms with Crippen molar-refractivity contribution in [2.75, 3.05) is 31.7 Å². The summed E-state index contributed by atoms with van der Waals surface area (Å²) in [5.41, 5.74) is 0.507. The minimum Gasteiger partial charge on any atom is -0.482 e. The lowest BCUT2D eigenvalue weighted by Gasteiger charge is -2.22. The standard InChI is InChI=1S/C13H15NO6/c15-12(16)8-20-10-3-1-2-9(6-10)14-13(17)11-7-18-4-5-19-11/h1-3,6,11H,4-5,7-8H2,(H,14,17)(H,15,16). The number of carboxylic acids is 1. The number of rotatable bonds is 5. The number of ether oxygens (including phenoxy) is 3. The van der Waals surface area contributed by atoms with E-state index >= 15 is 0 Å². The molecule has 0 radical (unpaired) electrons. The van der Waals surface area contributed by atoms with Gasteiger partial charge in [0.15, 0.2) is 12.7 Å². The number of carbonyl (C=O) groups excluding carboxylic acids is 1. The van der Waals surface area contributed by atoms with Gasteiger partial charge in [-0.1, -0.05) is 6.07 Å². The largest absolute Gasteiger partial charge is 0.482 e. The first-order valence-corrected chi connectivity index (χ1v) is 6.10. The van der Waals surface area contributed by atoms with Crippen molar-refractivity contribution in [2.24, 2.45) is 0 Å². The van der Waals surface area contributed by atoms with E-state index in [-0.39, 0.29) is 12.5 Å². The highest BCUT2D eigenvalue weighted by Gasteiger charge is 2.22. The topological polar surface area (TPSA) is 94.1 Å². The van der Waals surface area contributed by atoms with Gasteiger partial charge in [-0.25, -0.2) is 4.79 Å². The smallest absolute Gasteiger partial charge is 0.341 e. The number of amides is 1. The summed E-state index contributed by atoms with van der Waals surface area (Å²) in [6, 6.07) is 6.49. The Hall–Kier alpha value is -2.12. The van der Waals surface area contributed by atoms with Crippen LogP contribution in [0, 0.1) is 0 Å². The Morgan fingerprint density at radius 1 is 1.40 bits per heavy atom. The average molecular weight is 281 g/mol. The lowest BCUT2D eigenvalue weighted by Crippen LogP contribution is -2.39. The number of aliphatic carboxylic acids is 1. The highest BCUT2D eigenvalue weighted by molar-refractivity contribution is 5.94. The predicted octanol–water partition coefficient (Wildman–Crippen LogP) is 0.504. The maximum absolute atomic E-state index is 11.9. The zero-order valence-corrected chi connectivity index (χ0v) is 10.7. The monoisotopic (exact) mass is 281 g/mol. The molecule has 0 bridgehead atoms. The van der Waals surface area contributed by atoms with Crippen molar-refractivity contribution in [1.29, 1.82) is 0 Å². The molecule has 0 aliphatic carbocycles. The van der Waals surface area contributed by atoms with Gasteiger partial charge in [0.25, 0.3) is 5.91 Å². The van der Waals surface area contributed by atoms with E-state index in [4.69, 9.17) is 19.3 Å². The number of benzene rings is 1. The third kappa shape index (κ3) is 4.22. The number of hydrogen-bond acceptors (Lipinski definition) is 5. The fourth-order valence-electron chi connectivity index (χ4n) is 1.67. The van der Waals surface area contributed by atoms with Crippen LogP contribution in [0.5, 0.6) is 5.75 Å². The first-order valence-electron chi connectivity index (χ1n) is 6.10. The summed E-state index contributed by atoms with van der Waals surface area (Å²) in [5.74, 6) is -1.00. The number of nitrogens with one attached hydrogen (secondary N) is 1. The van der Waals surface area contributed by atoms with Gasteiger partial charge in [0.2, 0.25) is 0 Å². The van der Waals surface area contributed by atoms with Crippen molar-refractivity contribution in [3.8, 4) is 5.75 Å². The molecule has 7 nitrogen and oxygen atoms in total. The Morgan fingerprint density at radius 3 is 2.95 bits per heavy atom. The van der Waals surface area contributed by atoms with Crippen LogP contribution in [-0.2, 0) is 19.1 Å². The van der Waals surface area contributed by atoms with Gasteiger partial charge in [0.05, 0.1) is 19.8 Å². The average Bonchev–Trinajstić information content (AvgIpc) is 2.46. The molecule has 1 aliphatic heterocycles. The van der Waals surface area contributed by atoms with E-state index in [0.29, 0.717) is 24.7 Å². The summed E-state index contributed by atoms with van der Waals surface area (Å²) in [5, 5.41) is 11.2. The molecular formula is C13H15NO6. The van der Waals surface area contributed by atoms with Crippen LogP contribution in [0.3, 0.4) is 0 Å². The van der Waals surface area contributed by atoms with E-state index in [1.54, 1.807) is 24.3 Å². The van der Waals surface area contributed by atoms with Gasteiger partial charge in [-0.2, -0.15) is 0 Å². The fraction of sp³-hybridized carbons (Fsp3) is 0.385. The minimum atomic E-state index is -1.06. The van der Waals surface area contributed by atoms with Gasteiger partial charge in [-0.15, -0.1) is 0 Å². The zero-order valence-electron chi connectivity index (χ0n) is 10.7. The van der Waals surface area contributed by atoms with Gasteiger partial charge in [-0.3, -0.25) is 4.79 Å². The Bertz CT molecular complexity index is 484. The summed E-state index contributed by atoms with van der Waals surface area (Å²) in [6.07, 6.45) is -0.632. The molecule has 1 amide bonds. The van der Waals surface area contributed by atoms with Crippen LogP contribution in [0.2, 0.25) is 0 Å². The van der Waals surface area contributed by atoms with Crippen molar-refractivity contribution in [2.45, 2.75) is 6.10 Å². The van der Waals surface area contributed by atoms with E-state index in [9.17, 15) is 9.59 Å². The Kier molecular flexibility index (Phi) is 4.91. The number of carbonyl (C=O) groups is 2. The van der Waals surface area contributed by atoms with Crippen LogP contribution in [0.15, 0.2) is 24.3 Å². The van der Waals surface area contributed by atoms with Crippen LogP contribution < -0.4 is 10.1 Å². The first-order chi connectivity index (χ1) is 9.65. The van der Waals surface area contributed by atoms with E-state index < -0.39 is 18.7 Å².